The summed E-state index contributed by atoms with van der Waals surface area (Å²) in [5.74, 6) is 9.61. The fourth-order valence-corrected chi connectivity index (χ4v) is 14.8. The van der Waals surface area contributed by atoms with Crippen LogP contribution >= 0.6 is 0 Å². The van der Waals surface area contributed by atoms with Crippen LogP contribution < -0.4 is 9.47 Å². The second-order valence-electron chi connectivity index (χ2n) is 20.0. The molecule has 6 saturated carbocycles. The summed E-state index contributed by atoms with van der Waals surface area (Å²) in [5.41, 5.74) is 8.55. The molecule has 0 aromatic heterocycles. The first-order valence-electron chi connectivity index (χ1n) is 24.1. The average molecular weight is 793 g/mol. The summed E-state index contributed by atoms with van der Waals surface area (Å²) in [4.78, 5) is 0. The maximum atomic E-state index is 12.2. The number of phenolic OH excluding ortho intramolecular Hbond substituents is 2. The standard InChI is InChI=1S/C55H68O4/c1-34-30-46(54(56)48(32-34)52-42-22-7-3-16-36(42)37-17-4-8-23-43(37)52)40-20-11-13-26-50(40)58-28-15-29-59-51-27-14-12-21-41(51)47-31-35(2)33-49(55(47)57)53-44-24-9-5-18-38(44)39-19-6-10-25-45(39)53/h11-14,20-21,26-27,30-33,36-39,42-45,52-53,56-57H,3-10,15-19,22-25,28-29H2,1-2H3. The van der Waals surface area contributed by atoms with Gasteiger partial charge in [0.05, 0.1) is 13.2 Å². The molecular formula is C55H68O4. The summed E-state index contributed by atoms with van der Waals surface area (Å²) in [7, 11) is 0. The van der Waals surface area contributed by atoms with E-state index in [2.05, 4.69) is 62.4 Å². The van der Waals surface area contributed by atoms with Gasteiger partial charge in [-0.15, -0.1) is 0 Å². The lowest BCUT2D eigenvalue weighted by Crippen LogP contribution is -2.22. The zero-order valence-electron chi connectivity index (χ0n) is 35.8. The van der Waals surface area contributed by atoms with Gasteiger partial charge in [0, 0.05) is 28.7 Å². The average Bonchev–Trinajstić information content (AvgIpc) is 3.78. The van der Waals surface area contributed by atoms with Gasteiger partial charge in [0.1, 0.15) is 23.0 Å². The lowest BCUT2D eigenvalue weighted by molar-refractivity contribution is 0.184. The largest absolute Gasteiger partial charge is 0.507 e. The second kappa shape index (κ2) is 16.9. The van der Waals surface area contributed by atoms with Crippen LogP contribution in [0, 0.1) is 61.2 Å². The molecule has 6 fully saturated rings. The first-order valence-corrected chi connectivity index (χ1v) is 24.1. The highest BCUT2D eigenvalue weighted by molar-refractivity contribution is 5.79. The van der Waals surface area contributed by atoms with Gasteiger partial charge in [0.15, 0.2) is 0 Å². The normalized spacial score (nSPS) is 31.2. The van der Waals surface area contributed by atoms with Crippen LogP contribution in [-0.4, -0.2) is 23.4 Å². The van der Waals surface area contributed by atoms with Crippen molar-refractivity contribution in [2.45, 2.75) is 135 Å². The Morgan fingerprint density at radius 3 is 1.10 bits per heavy atom. The molecule has 0 aliphatic heterocycles. The van der Waals surface area contributed by atoms with Gasteiger partial charge >= 0.3 is 0 Å². The van der Waals surface area contributed by atoms with Crippen LogP contribution in [0.5, 0.6) is 23.0 Å². The number of benzene rings is 4. The number of aromatic hydroxyl groups is 2. The van der Waals surface area contributed by atoms with Gasteiger partial charge in [-0.05, 0) is 171 Å². The van der Waals surface area contributed by atoms with Crippen molar-refractivity contribution in [2.75, 3.05) is 13.2 Å². The zero-order chi connectivity index (χ0) is 40.0. The number of aryl methyl sites for hydroxylation is 2. The third-order valence-electron chi connectivity index (χ3n) is 16.9. The van der Waals surface area contributed by atoms with E-state index in [1.54, 1.807) is 0 Å². The van der Waals surface area contributed by atoms with E-state index in [0.29, 0.717) is 66.6 Å². The minimum Gasteiger partial charge on any atom is -0.507 e. The summed E-state index contributed by atoms with van der Waals surface area (Å²) in [6.07, 6.45) is 22.3. The Bertz CT molecular complexity index is 1930. The molecule has 4 aromatic carbocycles. The van der Waals surface area contributed by atoms with E-state index in [0.717, 1.165) is 57.4 Å². The Hall–Kier alpha value is -3.92. The lowest BCUT2D eigenvalue weighted by Gasteiger charge is -2.32. The van der Waals surface area contributed by atoms with Crippen molar-refractivity contribution >= 4 is 0 Å². The highest BCUT2D eigenvalue weighted by atomic mass is 16.5. The molecule has 0 amide bonds. The van der Waals surface area contributed by atoms with Crippen molar-refractivity contribution in [1.82, 2.24) is 0 Å². The first-order chi connectivity index (χ1) is 29.0. The van der Waals surface area contributed by atoms with Crippen LogP contribution in [-0.2, 0) is 0 Å². The van der Waals surface area contributed by atoms with E-state index in [1.165, 1.54) is 125 Å². The molecule has 8 atom stereocenters. The molecule has 0 saturated heterocycles. The maximum absolute atomic E-state index is 12.2. The molecule has 0 bridgehead atoms. The van der Waals surface area contributed by atoms with E-state index in [1.807, 2.05) is 24.3 Å². The van der Waals surface area contributed by atoms with E-state index in [4.69, 9.17) is 9.47 Å². The Labute approximate surface area is 354 Å². The number of hydrogen-bond donors (Lipinski definition) is 2. The monoisotopic (exact) mass is 793 g/mol. The molecule has 0 radical (unpaired) electrons. The minimum absolute atomic E-state index is 0.460. The SMILES string of the molecule is Cc1cc(-c2ccccc2OCCCOc2ccccc2-c2cc(C)cc(C3C4CCCCC4C4CCCCC43)c2O)c(O)c(C2C3CCCCC3C3CCCCC32)c1. The van der Waals surface area contributed by atoms with Gasteiger partial charge in [-0.2, -0.15) is 0 Å². The molecule has 4 aromatic rings. The second-order valence-corrected chi connectivity index (χ2v) is 20.0. The molecular weight excluding hydrogens is 725 g/mol. The number of hydrogen-bond acceptors (Lipinski definition) is 4. The zero-order valence-corrected chi connectivity index (χ0v) is 35.8. The molecule has 0 spiro atoms. The molecule has 6 aliphatic carbocycles. The molecule has 10 rings (SSSR count). The predicted molar refractivity (Wildman–Crippen MR) is 239 cm³/mol. The van der Waals surface area contributed by atoms with E-state index < -0.39 is 0 Å². The molecule has 2 N–H and O–H groups in total. The number of phenols is 2. The molecule has 4 nitrogen and oxygen atoms in total. The summed E-state index contributed by atoms with van der Waals surface area (Å²) in [6, 6.07) is 25.5. The van der Waals surface area contributed by atoms with E-state index in [9.17, 15) is 10.2 Å². The van der Waals surface area contributed by atoms with Crippen LogP contribution in [0.25, 0.3) is 22.3 Å². The minimum atomic E-state index is 0.460. The third kappa shape index (κ3) is 7.27. The smallest absolute Gasteiger partial charge is 0.127 e. The van der Waals surface area contributed by atoms with E-state index in [-0.39, 0.29) is 0 Å². The quantitative estimate of drug-likeness (QED) is 0.157. The lowest BCUT2D eigenvalue weighted by atomic mass is 9.73. The van der Waals surface area contributed by atoms with Gasteiger partial charge in [0.25, 0.3) is 0 Å². The van der Waals surface area contributed by atoms with Gasteiger partial charge in [0.2, 0.25) is 0 Å². The predicted octanol–water partition coefficient (Wildman–Crippen LogP) is 14.3. The van der Waals surface area contributed by atoms with Crippen LogP contribution in [0.2, 0.25) is 0 Å². The fourth-order valence-electron chi connectivity index (χ4n) is 14.8. The van der Waals surface area contributed by atoms with Crippen molar-refractivity contribution in [3.8, 4) is 45.3 Å². The highest BCUT2D eigenvalue weighted by Crippen LogP contribution is 2.64. The summed E-state index contributed by atoms with van der Waals surface area (Å²) < 4.78 is 13.1. The fraction of sp³-hybridized carbons (Fsp3) is 0.564. The van der Waals surface area contributed by atoms with E-state index >= 15 is 0 Å². The molecule has 59 heavy (non-hydrogen) atoms. The van der Waals surface area contributed by atoms with Crippen molar-refractivity contribution in [1.29, 1.82) is 0 Å². The molecule has 6 aliphatic rings. The van der Waals surface area contributed by atoms with Crippen molar-refractivity contribution < 1.29 is 19.7 Å². The van der Waals surface area contributed by atoms with Gasteiger partial charge in [-0.3, -0.25) is 0 Å². The van der Waals surface area contributed by atoms with Crippen molar-refractivity contribution in [3.05, 3.63) is 95.1 Å². The Morgan fingerprint density at radius 1 is 0.424 bits per heavy atom. The Kier molecular flexibility index (Phi) is 11.2. The summed E-state index contributed by atoms with van der Waals surface area (Å²) >= 11 is 0. The number of fused-ring (bicyclic) bond motifs is 6. The van der Waals surface area contributed by atoms with Crippen LogP contribution in [0.1, 0.15) is 143 Å². The Morgan fingerprint density at radius 2 is 0.746 bits per heavy atom. The van der Waals surface area contributed by atoms with Crippen LogP contribution in [0.4, 0.5) is 0 Å². The van der Waals surface area contributed by atoms with Crippen molar-refractivity contribution in [2.24, 2.45) is 47.3 Å². The van der Waals surface area contributed by atoms with Gasteiger partial charge in [-0.1, -0.05) is 99.9 Å². The summed E-state index contributed by atoms with van der Waals surface area (Å²) in [5, 5.41) is 24.4. The molecule has 8 unspecified atom stereocenters. The Balaban J connectivity index is 0.848. The first kappa shape index (κ1) is 39.2. The van der Waals surface area contributed by atoms with Crippen LogP contribution in [0.3, 0.4) is 0 Å². The molecule has 4 heteroatoms. The molecule has 312 valence electrons. The highest BCUT2D eigenvalue weighted by Gasteiger charge is 2.53. The third-order valence-corrected chi connectivity index (χ3v) is 16.9. The van der Waals surface area contributed by atoms with Gasteiger partial charge in [-0.25, -0.2) is 0 Å². The number of rotatable bonds is 10. The number of ether oxygens (including phenoxy) is 2. The molecule has 0 heterocycles. The summed E-state index contributed by atoms with van der Waals surface area (Å²) in [6.45, 7) is 5.39. The van der Waals surface area contributed by atoms with Crippen molar-refractivity contribution in [3.63, 3.8) is 0 Å². The van der Waals surface area contributed by atoms with Crippen LogP contribution in [0.15, 0.2) is 72.8 Å². The number of para-hydroxylation sites is 2. The topological polar surface area (TPSA) is 58.9 Å². The van der Waals surface area contributed by atoms with Gasteiger partial charge < -0.3 is 19.7 Å². The maximum Gasteiger partial charge on any atom is 0.127 e.